The molecule has 0 aromatic heterocycles. The van der Waals surface area contributed by atoms with Crippen molar-refractivity contribution in [2.24, 2.45) is 4.99 Å². The zero-order valence-electron chi connectivity index (χ0n) is 5.83. The minimum Gasteiger partial charge on any atom is -0.394 e. The summed E-state index contributed by atoms with van der Waals surface area (Å²) in [4.78, 5) is 3.77. The Morgan fingerprint density at radius 2 is 2.00 bits per heavy atom. The van der Waals surface area contributed by atoms with Crippen molar-refractivity contribution in [2.75, 3.05) is 14.1 Å². The van der Waals surface area contributed by atoms with Gasteiger partial charge in [0.25, 0.3) is 0 Å². The van der Waals surface area contributed by atoms with E-state index in [0.29, 0.717) is 0 Å². The predicted octanol–water partition coefficient (Wildman–Crippen LogP) is 0.976. The first-order valence-electron chi connectivity index (χ1n) is 2.83. The molecule has 0 heterocycles. The van der Waals surface area contributed by atoms with E-state index in [1.165, 1.54) is 0 Å². The quantitative estimate of drug-likeness (QED) is 0.440. The van der Waals surface area contributed by atoms with Crippen molar-refractivity contribution in [3.05, 3.63) is 24.4 Å². The molecule has 0 aliphatic rings. The van der Waals surface area contributed by atoms with Gasteiger partial charge < -0.3 is 5.32 Å². The maximum atomic E-state index is 3.77. The summed E-state index contributed by atoms with van der Waals surface area (Å²) in [6, 6.07) is 0. The Kier molecular flexibility index (Phi) is 6.14. The fourth-order valence-electron chi connectivity index (χ4n) is 0.352. The third-order valence-electron chi connectivity index (χ3n) is 0.720. The van der Waals surface area contributed by atoms with Crippen molar-refractivity contribution in [3.8, 4) is 0 Å². The van der Waals surface area contributed by atoms with Gasteiger partial charge in [-0.05, 0) is 18.4 Å². The summed E-state index contributed by atoms with van der Waals surface area (Å²) in [5.41, 5.74) is 0. The summed E-state index contributed by atoms with van der Waals surface area (Å²) < 4.78 is 0. The Bertz CT molecular complexity index is 123. The van der Waals surface area contributed by atoms with Crippen molar-refractivity contribution in [1.29, 1.82) is 0 Å². The van der Waals surface area contributed by atoms with Gasteiger partial charge in [0, 0.05) is 20.3 Å². The number of aliphatic imine (C=N–C) groups is 1. The van der Waals surface area contributed by atoms with Gasteiger partial charge in [0.2, 0.25) is 0 Å². The van der Waals surface area contributed by atoms with Crippen LogP contribution in [0.25, 0.3) is 0 Å². The van der Waals surface area contributed by atoms with Gasteiger partial charge in [0.1, 0.15) is 0 Å². The first-order chi connectivity index (χ1) is 4.41. The van der Waals surface area contributed by atoms with Gasteiger partial charge in [-0.15, -0.1) is 0 Å². The van der Waals surface area contributed by atoms with Crippen LogP contribution in [0.3, 0.4) is 0 Å². The molecule has 1 N–H and O–H groups in total. The van der Waals surface area contributed by atoms with Gasteiger partial charge in [-0.1, -0.05) is 6.08 Å². The SMILES string of the molecule is C\N=C/C=C/C=C/NC. The standard InChI is InChI=1S/C7H12N2/c1-8-6-4-3-5-7-9-2/h3-8H,1-2H3/b5-3+,6-4+,9-7-. The van der Waals surface area contributed by atoms with Crippen molar-refractivity contribution in [1.82, 2.24) is 5.32 Å². The zero-order chi connectivity index (χ0) is 6.95. The number of allylic oxidation sites excluding steroid dienone is 3. The highest BCUT2D eigenvalue weighted by atomic mass is 14.8. The minimum absolute atomic E-state index is 1.74. The summed E-state index contributed by atoms with van der Waals surface area (Å²) in [7, 11) is 3.60. The lowest BCUT2D eigenvalue weighted by Crippen LogP contribution is -1.89. The molecule has 2 heteroatoms. The van der Waals surface area contributed by atoms with Crippen LogP contribution < -0.4 is 5.32 Å². The smallest absolute Gasteiger partial charge is 0.0277 e. The van der Waals surface area contributed by atoms with Crippen LogP contribution in [0.2, 0.25) is 0 Å². The summed E-state index contributed by atoms with van der Waals surface area (Å²) in [5.74, 6) is 0. The van der Waals surface area contributed by atoms with E-state index in [1.807, 2.05) is 31.5 Å². The molecule has 2 nitrogen and oxygen atoms in total. The predicted molar refractivity (Wildman–Crippen MR) is 41.8 cm³/mol. The Morgan fingerprint density at radius 3 is 2.56 bits per heavy atom. The topological polar surface area (TPSA) is 24.4 Å². The molecule has 0 aliphatic carbocycles. The molecule has 9 heavy (non-hydrogen) atoms. The molecule has 50 valence electrons. The van der Waals surface area contributed by atoms with Crippen LogP contribution in [-0.4, -0.2) is 20.3 Å². The molecule has 0 aromatic carbocycles. The number of nitrogens with zero attached hydrogens (tertiary/aromatic N) is 1. The molecule has 0 bridgehead atoms. The number of hydrogen-bond donors (Lipinski definition) is 1. The Hall–Kier alpha value is -1.05. The first kappa shape index (κ1) is 7.95. The molecule has 0 fully saturated rings. The molecule has 0 atom stereocenters. The Morgan fingerprint density at radius 1 is 1.22 bits per heavy atom. The normalized spacial score (nSPS) is 12.2. The maximum absolute atomic E-state index is 3.77. The van der Waals surface area contributed by atoms with Crippen LogP contribution in [0, 0.1) is 0 Å². The average molecular weight is 124 g/mol. The highest BCUT2D eigenvalue weighted by Gasteiger charge is 1.58. The minimum atomic E-state index is 1.74. The van der Waals surface area contributed by atoms with E-state index in [0.717, 1.165) is 0 Å². The van der Waals surface area contributed by atoms with Crippen molar-refractivity contribution in [3.63, 3.8) is 0 Å². The molecule has 0 saturated heterocycles. The number of hydrogen-bond acceptors (Lipinski definition) is 2. The van der Waals surface area contributed by atoms with Crippen LogP contribution in [0.15, 0.2) is 29.4 Å². The first-order valence-corrected chi connectivity index (χ1v) is 2.83. The molecule has 0 saturated carbocycles. The second-order valence-electron chi connectivity index (χ2n) is 1.44. The largest absolute Gasteiger partial charge is 0.394 e. The highest BCUT2D eigenvalue weighted by molar-refractivity contribution is 5.71. The van der Waals surface area contributed by atoms with Gasteiger partial charge in [0.15, 0.2) is 0 Å². The van der Waals surface area contributed by atoms with Crippen LogP contribution >= 0.6 is 0 Å². The molecule has 0 aromatic rings. The molecule has 0 radical (unpaired) electrons. The summed E-state index contributed by atoms with van der Waals surface area (Å²) >= 11 is 0. The lowest BCUT2D eigenvalue weighted by molar-refractivity contribution is 1.10. The van der Waals surface area contributed by atoms with E-state index >= 15 is 0 Å². The lowest BCUT2D eigenvalue weighted by Gasteiger charge is -1.78. The lowest BCUT2D eigenvalue weighted by atomic mass is 10.5. The van der Waals surface area contributed by atoms with Crippen LogP contribution in [0.4, 0.5) is 0 Å². The summed E-state index contributed by atoms with van der Waals surface area (Å²) in [6.07, 6.45) is 9.26. The number of nitrogens with one attached hydrogen (secondary N) is 1. The second kappa shape index (κ2) is 6.95. The maximum Gasteiger partial charge on any atom is 0.0277 e. The third kappa shape index (κ3) is 6.95. The molecular formula is C7H12N2. The van der Waals surface area contributed by atoms with E-state index in [-0.39, 0.29) is 0 Å². The summed E-state index contributed by atoms with van der Waals surface area (Å²) in [6.45, 7) is 0. The Labute approximate surface area is 56.0 Å². The van der Waals surface area contributed by atoms with E-state index in [9.17, 15) is 0 Å². The molecular weight excluding hydrogens is 112 g/mol. The fourth-order valence-corrected chi connectivity index (χ4v) is 0.352. The molecule has 0 unspecified atom stereocenters. The monoisotopic (exact) mass is 124 g/mol. The second-order valence-corrected chi connectivity index (χ2v) is 1.44. The van der Waals surface area contributed by atoms with Gasteiger partial charge in [-0.2, -0.15) is 0 Å². The molecule has 0 aliphatic heterocycles. The van der Waals surface area contributed by atoms with Crippen molar-refractivity contribution in [2.45, 2.75) is 0 Å². The van der Waals surface area contributed by atoms with Gasteiger partial charge in [0.05, 0.1) is 0 Å². The molecule has 0 amide bonds. The van der Waals surface area contributed by atoms with E-state index < -0.39 is 0 Å². The van der Waals surface area contributed by atoms with Crippen molar-refractivity contribution < 1.29 is 0 Å². The third-order valence-corrected chi connectivity index (χ3v) is 0.720. The van der Waals surface area contributed by atoms with Gasteiger partial charge in [-0.3, -0.25) is 4.99 Å². The van der Waals surface area contributed by atoms with Gasteiger partial charge >= 0.3 is 0 Å². The number of rotatable bonds is 3. The summed E-state index contributed by atoms with van der Waals surface area (Å²) in [5, 5.41) is 2.87. The highest BCUT2D eigenvalue weighted by Crippen LogP contribution is 1.70. The van der Waals surface area contributed by atoms with E-state index in [2.05, 4.69) is 10.3 Å². The van der Waals surface area contributed by atoms with Crippen LogP contribution in [-0.2, 0) is 0 Å². The molecule has 0 rings (SSSR count). The Balaban J connectivity index is 3.35. The van der Waals surface area contributed by atoms with Crippen LogP contribution in [0.1, 0.15) is 0 Å². The molecule has 0 spiro atoms. The van der Waals surface area contributed by atoms with Crippen molar-refractivity contribution >= 4 is 6.21 Å². The van der Waals surface area contributed by atoms with Gasteiger partial charge in [-0.25, -0.2) is 0 Å². The average Bonchev–Trinajstić information content (AvgIpc) is 1.89. The van der Waals surface area contributed by atoms with E-state index in [4.69, 9.17) is 0 Å². The fraction of sp³-hybridized carbons (Fsp3) is 0.286. The zero-order valence-corrected chi connectivity index (χ0v) is 5.83. The van der Waals surface area contributed by atoms with E-state index in [1.54, 1.807) is 13.3 Å². The van der Waals surface area contributed by atoms with Crippen LogP contribution in [0.5, 0.6) is 0 Å².